The number of pyridine rings is 1. The van der Waals surface area contributed by atoms with Crippen molar-refractivity contribution in [2.24, 2.45) is 0 Å². The third-order valence-electron chi connectivity index (χ3n) is 1.59. The number of aryl methyl sites for hydroxylation is 1. The number of ether oxygens (including phenoxy) is 2. The summed E-state index contributed by atoms with van der Waals surface area (Å²) >= 11 is 0. The Morgan fingerprint density at radius 3 is 2.65 bits per heavy atom. The molecule has 1 heterocycles. The third-order valence-corrected chi connectivity index (χ3v) is 1.59. The van der Waals surface area contributed by atoms with Crippen molar-refractivity contribution in [3.8, 4) is 5.75 Å². The number of aromatic nitrogens is 1. The van der Waals surface area contributed by atoms with Crippen molar-refractivity contribution < 1.29 is 23.0 Å². The van der Waals surface area contributed by atoms with Gasteiger partial charge in [-0.15, -0.1) is 0 Å². The van der Waals surface area contributed by atoms with Crippen molar-refractivity contribution in [1.82, 2.24) is 4.98 Å². The van der Waals surface area contributed by atoms with Gasteiger partial charge in [0.05, 0.1) is 12.8 Å². The zero-order valence-electron chi connectivity index (χ0n) is 9.73. The third kappa shape index (κ3) is 8.12. The summed E-state index contributed by atoms with van der Waals surface area (Å²) in [4.78, 5) is 12.9. The first-order valence-electron chi connectivity index (χ1n) is 4.98. The lowest BCUT2D eigenvalue weighted by Crippen LogP contribution is -2.07. The predicted octanol–water partition coefficient (Wildman–Crippen LogP) is 2.21. The number of carbonyl (C=O) groups is 1. The first-order chi connectivity index (χ1) is 8.11. The van der Waals surface area contributed by atoms with Crippen LogP contribution in [0.4, 0.5) is 8.78 Å². The average molecular weight is 247 g/mol. The Bertz CT molecular complexity index is 321. The van der Waals surface area contributed by atoms with Gasteiger partial charge in [0, 0.05) is 6.20 Å². The Labute approximate surface area is 98.6 Å². The van der Waals surface area contributed by atoms with E-state index in [1.807, 2.05) is 0 Å². The van der Waals surface area contributed by atoms with Crippen LogP contribution in [0.15, 0.2) is 18.5 Å². The van der Waals surface area contributed by atoms with E-state index in [-0.39, 0.29) is 0 Å². The van der Waals surface area contributed by atoms with Crippen LogP contribution in [0.2, 0.25) is 0 Å². The second-order valence-electron chi connectivity index (χ2n) is 2.89. The Balaban J connectivity index is 0.000000437. The van der Waals surface area contributed by atoms with Gasteiger partial charge < -0.3 is 9.47 Å². The molecule has 6 heteroatoms. The van der Waals surface area contributed by atoms with Crippen molar-refractivity contribution >= 4 is 6.47 Å². The van der Waals surface area contributed by atoms with Crippen molar-refractivity contribution in [2.45, 2.75) is 20.3 Å². The molecule has 0 radical (unpaired) electrons. The van der Waals surface area contributed by atoms with Gasteiger partial charge in [-0.25, -0.2) is 8.78 Å². The predicted molar refractivity (Wildman–Crippen MR) is 58.2 cm³/mol. The van der Waals surface area contributed by atoms with Gasteiger partial charge in [0.15, 0.2) is 0 Å². The van der Waals surface area contributed by atoms with E-state index in [1.165, 1.54) is 6.20 Å². The topological polar surface area (TPSA) is 48.4 Å². The first kappa shape index (κ1) is 15.3. The number of nitrogens with zero attached hydrogens (tertiary/aromatic N) is 1. The maximum atomic E-state index is 11.7. The van der Waals surface area contributed by atoms with E-state index >= 15 is 0 Å². The molecule has 0 saturated carbocycles. The quantitative estimate of drug-likeness (QED) is 0.748. The Kier molecular flexibility index (Phi) is 8.54. The van der Waals surface area contributed by atoms with E-state index in [9.17, 15) is 13.6 Å². The summed E-state index contributed by atoms with van der Waals surface area (Å²) in [5.74, 6) is 0.415. The van der Waals surface area contributed by atoms with E-state index in [2.05, 4.69) is 9.72 Å². The summed E-state index contributed by atoms with van der Waals surface area (Å²) in [6, 6.07) is 1.71. The van der Waals surface area contributed by atoms with Crippen molar-refractivity contribution in [3.05, 3.63) is 24.0 Å². The maximum Gasteiger partial charge on any atom is 0.293 e. The summed E-state index contributed by atoms with van der Waals surface area (Å²) in [5.41, 5.74) is 0.811. The molecule has 0 fully saturated rings. The van der Waals surface area contributed by atoms with Crippen molar-refractivity contribution in [3.63, 3.8) is 0 Å². The van der Waals surface area contributed by atoms with Gasteiger partial charge in [0.25, 0.3) is 12.9 Å². The fraction of sp³-hybridized carbons (Fsp3) is 0.455. The highest BCUT2D eigenvalue weighted by atomic mass is 19.3. The molecule has 0 spiro atoms. The lowest BCUT2D eigenvalue weighted by Gasteiger charge is -2.06. The maximum absolute atomic E-state index is 11.7. The minimum atomic E-state index is -2.44. The van der Waals surface area contributed by atoms with Crippen LogP contribution in [0.3, 0.4) is 0 Å². The van der Waals surface area contributed by atoms with Crippen LogP contribution >= 0.6 is 0 Å². The molecule has 0 atom stereocenters. The highest BCUT2D eigenvalue weighted by Gasteiger charge is 2.04. The second kappa shape index (κ2) is 9.50. The summed E-state index contributed by atoms with van der Waals surface area (Å²) in [7, 11) is 0. The Hall–Kier alpha value is -1.72. The standard InChI is InChI=1S/C8H9F2NO.C3H6O2/c1-6-2-3-11-4-7(6)12-5-8(9)10;1-2-5-3-4/h2-4,8H,5H2,1H3;3H,2H2,1H3. The summed E-state index contributed by atoms with van der Waals surface area (Å²) in [6.07, 6.45) is 0.576. The molecule has 0 aromatic carbocycles. The molecule has 17 heavy (non-hydrogen) atoms. The van der Waals surface area contributed by atoms with Gasteiger partial charge in [-0.05, 0) is 25.5 Å². The molecule has 0 aliphatic rings. The lowest BCUT2D eigenvalue weighted by molar-refractivity contribution is -0.128. The van der Waals surface area contributed by atoms with Crippen LogP contribution in [0.5, 0.6) is 5.75 Å². The monoisotopic (exact) mass is 247 g/mol. The van der Waals surface area contributed by atoms with Gasteiger partial charge in [-0.3, -0.25) is 9.78 Å². The number of hydrogen-bond acceptors (Lipinski definition) is 4. The molecular formula is C11H15F2NO3. The Morgan fingerprint density at radius 2 is 2.24 bits per heavy atom. The number of alkyl halides is 2. The van der Waals surface area contributed by atoms with Crippen LogP contribution in [0, 0.1) is 6.92 Å². The van der Waals surface area contributed by atoms with Gasteiger partial charge in [0.1, 0.15) is 12.4 Å². The molecule has 0 N–H and O–H groups in total. The molecular weight excluding hydrogens is 232 g/mol. The largest absolute Gasteiger partial charge is 0.486 e. The summed E-state index contributed by atoms with van der Waals surface area (Å²) in [6.45, 7) is 3.87. The molecule has 0 amide bonds. The smallest absolute Gasteiger partial charge is 0.293 e. The molecule has 1 aromatic heterocycles. The molecule has 4 nitrogen and oxygen atoms in total. The number of hydrogen-bond donors (Lipinski definition) is 0. The zero-order valence-corrected chi connectivity index (χ0v) is 9.73. The van der Waals surface area contributed by atoms with Gasteiger partial charge >= 0.3 is 0 Å². The van der Waals surface area contributed by atoms with Gasteiger partial charge in [-0.1, -0.05) is 0 Å². The minimum absolute atomic E-state index is 0.415. The van der Waals surface area contributed by atoms with Gasteiger partial charge in [0.2, 0.25) is 0 Å². The number of halogens is 2. The van der Waals surface area contributed by atoms with E-state index in [0.29, 0.717) is 18.8 Å². The molecule has 96 valence electrons. The van der Waals surface area contributed by atoms with Crippen LogP contribution in [-0.4, -0.2) is 31.1 Å². The molecule has 1 aromatic rings. The molecule has 0 bridgehead atoms. The van der Waals surface area contributed by atoms with E-state index in [4.69, 9.17) is 4.74 Å². The molecule has 0 unspecified atom stereocenters. The zero-order chi connectivity index (χ0) is 13.1. The summed E-state index contributed by atoms with van der Waals surface area (Å²) in [5, 5.41) is 0. The molecule has 1 rings (SSSR count). The highest BCUT2D eigenvalue weighted by Crippen LogP contribution is 2.14. The fourth-order valence-corrected chi connectivity index (χ4v) is 0.821. The normalized spacial score (nSPS) is 9.24. The van der Waals surface area contributed by atoms with Crippen LogP contribution in [0.25, 0.3) is 0 Å². The number of rotatable bonds is 5. The Morgan fingerprint density at radius 1 is 1.53 bits per heavy atom. The van der Waals surface area contributed by atoms with Crippen molar-refractivity contribution in [1.29, 1.82) is 0 Å². The highest BCUT2D eigenvalue weighted by molar-refractivity contribution is 5.36. The summed E-state index contributed by atoms with van der Waals surface area (Å²) < 4.78 is 32.4. The lowest BCUT2D eigenvalue weighted by atomic mass is 10.3. The number of carbonyl (C=O) groups excluding carboxylic acids is 1. The fourth-order valence-electron chi connectivity index (χ4n) is 0.821. The van der Waals surface area contributed by atoms with Crippen LogP contribution < -0.4 is 4.74 Å². The second-order valence-corrected chi connectivity index (χ2v) is 2.89. The molecule has 0 saturated heterocycles. The van der Waals surface area contributed by atoms with Gasteiger partial charge in [-0.2, -0.15) is 0 Å². The van der Waals surface area contributed by atoms with E-state index < -0.39 is 13.0 Å². The van der Waals surface area contributed by atoms with Crippen LogP contribution in [-0.2, 0) is 9.53 Å². The molecule has 0 aliphatic heterocycles. The minimum Gasteiger partial charge on any atom is -0.486 e. The van der Waals surface area contributed by atoms with Crippen molar-refractivity contribution in [2.75, 3.05) is 13.2 Å². The first-order valence-corrected chi connectivity index (χ1v) is 4.98. The van der Waals surface area contributed by atoms with Crippen LogP contribution in [0.1, 0.15) is 12.5 Å². The SMILES string of the molecule is CCOC=O.Cc1ccncc1OCC(F)F. The van der Waals surface area contributed by atoms with E-state index in [0.717, 1.165) is 5.56 Å². The average Bonchev–Trinajstić information content (AvgIpc) is 2.30. The van der Waals surface area contributed by atoms with E-state index in [1.54, 1.807) is 26.1 Å². The molecule has 0 aliphatic carbocycles.